The third kappa shape index (κ3) is 3.73. The minimum absolute atomic E-state index is 0.0636. The van der Waals surface area contributed by atoms with Crippen LogP contribution in [0.5, 0.6) is 5.75 Å². The zero-order valence-electron chi connectivity index (χ0n) is 14.5. The summed E-state index contributed by atoms with van der Waals surface area (Å²) in [5.41, 5.74) is 2.46. The van der Waals surface area contributed by atoms with Crippen molar-refractivity contribution in [2.75, 3.05) is 38.2 Å². The van der Waals surface area contributed by atoms with Crippen LogP contribution in [0.2, 0.25) is 0 Å². The van der Waals surface area contributed by atoms with Crippen LogP contribution < -0.4 is 9.64 Å². The van der Waals surface area contributed by atoms with Crippen LogP contribution in [0, 0.1) is 0 Å². The van der Waals surface area contributed by atoms with Gasteiger partial charge in [-0.05, 0) is 23.5 Å². The van der Waals surface area contributed by atoms with Gasteiger partial charge in [-0.2, -0.15) is 0 Å². The maximum atomic E-state index is 11.5. The van der Waals surface area contributed by atoms with Gasteiger partial charge in [-0.15, -0.1) is 0 Å². The van der Waals surface area contributed by atoms with Crippen molar-refractivity contribution in [2.24, 2.45) is 0 Å². The Balaban J connectivity index is 2.21. The van der Waals surface area contributed by atoms with E-state index in [-0.39, 0.29) is 11.3 Å². The van der Waals surface area contributed by atoms with Crippen LogP contribution in [-0.2, 0) is 10.2 Å². The van der Waals surface area contributed by atoms with Crippen molar-refractivity contribution in [1.29, 1.82) is 0 Å². The summed E-state index contributed by atoms with van der Waals surface area (Å²) >= 11 is 0. The molecule has 1 fully saturated rings. The van der Waals surface area contributed by atoms with Gasteiger partial charge in [-0.3, -0.25) is 4.79 Å². The van der Waals surface area contributed by atoms with E-state index in [0.29, 0.717) is 0 Å². The number of rotatable bonds is 2. The van der Waals surface area contributed by atoms with Gasteiger partial charge in [0, 0.05) is 44.9 Å². The SMILES string of the molecule is COc1cc(N2CCCN(C(C)=O)CC2)ccc1C(C)(C)C. The van der Waals surface area contributed by atoms with Crippen molar-refractivity contribution in [1.82, 2.24) is 4.90 Å². The summed E-state index contributed by atoms with van der Waals surface area (Å²) in [6.07, 6.45) is 1.00. The van der Waals surface area contributed by atoms with Crippen molar-refractivity contribution in [2.45, 2.75) is 39.5 Å². The number of methoxy groups -OCH3 is 1. The number of benzene rings is 1. The van der Waals surface area contributed by atoms with Gasteiger partial charge in [0.05, 0.1) is 7.11 Å². The molecular weight excluding hydrogens is 276 g/mol. The second-order valence-corrected chi connectivity index (χ2v) is 6.98. The minimum Gasteiger partial charge on any atom is -0.496 e. The van der Waals surface area contributed by atoms with Crippen molar-refractivity contribution < 1.29 is 9.53 Å². The van der Waals surface area contributed by atoms with Crippen molar-refractivity contribution in [3.05, 3.63) is 23.8 Å². The van der Waals surface area contributed by atoms with E-state index in [2.05, 4.69) is 43.9 Å². The van der Waals surface area contributed by atoms with Crippen LogP contribution in [0.3, 0.4) is 0 Å². The predicted octanol–water partition coefficient (Wildman–Crippen LogP) is 3.05. The molecule has 0 spiro atoms. The van der Waals surface area contributed by atoms with E-state index in [4.69, 9.17) is 4.74 Å². The number of anilines is 1. The Kier molecular flexibility index (Phi) is 4.99. The molecule has 0 unspecified atom stereocenters. The lowest BCUT2D eigenvalue weighted by Crippen LogP contribution is -2.33. The van der Waals surface area contributed by atoms with Gasteiger partial charge in [0.2, 0.25) is 5.91 Å². The van der Waals surface area contributed by atoms with Gasteiger partial charge in [-0.1, -0.05) is 26.8 Å². The third-order valence-corrected chi connectivity index (χ3v) is 4.30. The minimum atomic E-state index is 0.0636. The molecule has 0 aliphatic carbocycles. The maximum Gasteiger partial charge on any atom is 0.219 e. The molecule has 4 nitrogen and oxygen atoms in total. The van der Waals surface area contributed by atoms with E-state index in [1.54, 1.807) is 14.0 Å². The van der Waals surface area contributed by atoms with E-state index < -0.39 is 0 Å². The number of nitrogens with zero attached hydrogens (tertiary/aromatic N) is 2. The molecule has 1 aromatic carbocycles. The highest BCUT2D eigenvalue weighted by Gasteiger charge is 2.21. The Labute approximate surface area is 134 Å². The number of amides is 1. The lowest BCUT2D eigenvalue weighted by Gasteiger charge is -2.27. The molecule has 4 heteroatoms. The largest absolute Gasteiger partial charge is 0.496 e. The zero-order chi connectivity index (χ0) is 16.3. The molecule has 0 N–H and O–H groups in total. The molecule has 1 heterocycles. The summed E-state index contributed by atoms with van der Waals surface area (Å²) in [4.78, 5) is 15.8. The molecule has 122 valence electrons. The van der Waals surface area contributed by atoms with Gasteiger partial charge in [0.25, 0.3) is 0 Å². The molecule has 2 rings (SSSR count). The molecule has 0 radical (unpaired) electrons. The maximum absolute atomic E-state index is 11.5. The summed E-state index contributed by atoms with van der Waals surface area (Å²) in [6, 6.07) is 6.47. The molecule has 0 saturated carbocycles. The summed E-state index contributed by atoms with van der Waals surface area (Å²) < 4.78 is 5.60. The number of ether oxygens (including phenoxy) is 1. The van der Waals surface area contributed by atoms with E-state index in [9.17, 15) is 4.79 Å². The molecule has 1 amide bonds. The summed E-state index contributed by atoms with van der Waals surface area (Å²) in [5.74, 6) is 1.11. The molecule has 1 aliphatic heterocycles. The number of hydrogen-bond donors (Lipinski definition) is 0. The first-order valence-corrected chi connectivity index (χ1v) is 8.02. The van der Waals surface area contributed by atoms with Crippen molar-refractivity contribution in [3.8, 4) is 5.75 Å². The highest BCUT2D eigenvalue weighted by Crippen LogP contribution is 2.34. The van der Waals surface area contributed by atoms with E-state index >= 15 is 0 Å². The summed E-state index contributed by atoms with van der Waals surface area (Å²) in [7, 11) is 1.73. The van der Waals surface area contributed by atoms with Crippen molar-refractivity contribution in [3.63, 3.8) is 0 Å². The van der Waals surface area contributed by atoms with E-state index in [0.717, 1.165) is 38.3 Å². The number of hydrogen-bond acceptors (Lipinski definition) is 3. The highest BCUT2D eigenvalue weighted by atomic mass is 16.5. The quantitative estimate of drug-likeness (QED) is 0.842. The molecule has 0 aromatic heterocycles. The van der Waals surface area contributed by atoms with Gasteiger partial charge in [0.1, 0.15) is 5.75 Å². The van der Waals surface area contributed by atoms with Gasteiger partial charge in [0.15, 0.2) is 0 Å². The average molecular weight is 304 g/mol. The van der Waals surface area contributed by atoms with Crippen LogP contribution in [0.4, 0.5) is 5.69 Å². The topological polar surface area (TPSA) is 32.8 Å². The monoisotopic (exact) mass is 304 g/mol. The second kappa shape index (κ2) is 6.59. The predicted molar refractivity (Wildman–Crippen MR) is 90.8 cm³/mol. The highest BCUT2D eigenvalue weighted by molar-refractivity contribution is 5.73. The van der Waals surface area contributed by atoms with Crippen molar-refractivity contribution >= 4 is 11.6 Å². The fourth-order valence-corrected chi connectivity index (χ4v) is 2.99. The first-order valence-electron chi connectivity index (χ1n) is 8.02. The molecule has 1 saturated heterocycles. The van der Waals surface area contributed by atoms with Crippen LogP contribution in [-0.4, -0.2) is 44.1 Å². The van der Waals surface area contributed by atoms with E-state index in [1.807, 2.05) is 4.90 Å². The summed E-state index contributed by atoms with van der Waals surface area (Å²) in [6.45, 7) is 11.7. The Morgan fingerprint density at radius 2 is 1.86 bits per heavy atom. The van der Waals surface area contributed by atoms with Crippen LogP contribution in [0.15, 0.2) is 18.2 Å². The third-order valence-electron chi connectivity index (χ3n) is 4.30. The zero-order valence-corrected chi connectivity index (χ0v) is 14.5. The van der Waals surface area contributed by atoms with Crippen LogP contribution in [0.25, 0.3) is 0 Å². The standard InChI is InChI=1S/C18H28N2O2/c1-14(21)19-9-6-10-20(12-11-19)15-7-8-16(18(2,3)4)17(13-15)22-5/h7-8,13H,6,9-12H2,1-5H3. The Hall–Kier alpha value is -1.71. The molecule has 0 atom stereocenters. The molecule has 1 aromatic rings. The Morgan fingerprint density at radius 1 is 1.14 bits per heavy atom. The van der Waals surface area contributed by atoms with Gasteiger partial charge >= 0.3 is 0 Å². The fraction of sp³-hybridized carbons (Fsp3) is 0.611. The first kappa shape index (κ1) is 16.7. The molecule has 22 heavy (non-hydrogen) atoms. The average Bonchev–Trinajstić information content (AvgIpc) is 2.71. The molecule has 0 bridgehead atoms. The van der Waals surface area contributed by atoms with Crippen LogP contribution >= 0.6 is 0 Å². The normalized spacial score (nSPS) is 16.4. The summed E-state index contributed by atoms with van der Waals surface area (Å²) in [5, 5.41) is 0. The van der Waals surface area contributed by atoms with Crippen LogP contribution in [0.1, 0.15) is 39.7 Å². The Bertz CT molecular complexity index is 534. The first-order chi connectivity index (χ1) is 10.3. The van der Waals surface area contributed by atoms with Gasteiger partial charge < -0.3 is 14.5 Å². The smallest absolute Gasteiger partial charge is 0.219 e. The lowest BCUT2D eigenvalue weighted by molar-refractivity contribution is -0.128. The van der Waals surface area contributed by atoms with Gasteiger partial charge in [-0.25, -0.2) is 0 Å². The molecular formula is C18H28N2O2. The number of carbonyl (C=O) groups excluding carboxylic acids is 1. The Morgan fingerprint density at radius 3 is 2.45 bits per heavy atom. The lowest BCUT2D eigenvalue weighted by atomic mass is 9.86. The second-order valence-electron chi connectivity index (χ2n) is 6.98. The number of carbonyl (C=O) groups is 1. The fourth-order valence-electron chi connectivity index (χ4n) is 2.99. The molecule has 1 aliphatic rings. The van der Waals surface area contributed by atoms with E-state index in [1.165, 1.54) is 11.3 Å².